The molecule has 12 heteroatoms. The number of carbonyl (C=O) groups excluding carboxylic acids is 2. The molecule has 10 nitrogen and oxygen atoms in total. The molecule has 1 aromatic carbocycles. The van der Waals surface area contributed by atoms with Crippen molar-refractivity contribution in [2.75, 3.05) is 44.7 Å². The number of hydrogen-bond acceptors (Lipinski definition) is 8. The third-order valence-electron chi connectivity index (χ3n) is 11.0. The molecule has 0 saturated carbocycles. The number of aryl methyl sites for hydroxylation is 1. The predicted molar refractivity (Wildman–Crippen MR) is 158 cm³/mol. The molecule has 4 saturated heterocycles. The van der Waals surface area contributed by atoms with E-state index < -0.39 is 17.7 Å². The van der Waals surface area contributed by atoms with E-state index in [1.54, 1.807) is 0 Å². The molecule has 2 N–H and O–H groups in total. The van der Waals surface area contributed by atoms with Crippen molar-refractivity contribution in [2.24, 2.45) is 0 Å². The van der Waals surface area contributed by atoms with Crippen molar-refractivity contribution in [3.63, 3.8) is 0 Å². The highest BCUT2D eigenvalue weighted by Crippen LogP contribution is 2.50. The molecule has 1 unspecified atom stereocenters. The minimum Gasteiger partial charge on any atom is -0.461 e. The number of rotatable bonds is 4. The summed E-state index contributed by atoms with van der Waals surface area (Å²) in [5, 5.41) is 6.09. The lowest BCUT2D eigenvalue weighted by atomic mass is 9.80. The molecule has 4 atom stereocenters. The number of halogens is 2. The van der Waals surface area contributed by atoms with Gasteiger partial charge in [0.05, 0.1) is 23.3 Å². The third-order valence-corrected chi connectivity index (χ3v) is 11.4. The van der Waals surface area contributed by atoms with Gasteiger partial charge in [-0.1, -0.05) is 23.7 Å². The Kier molecular flexibility index (Phi) is 6.23. The summed E-state index contributed by atoms with van der Waals surface area (Å²) in [4.78, 5) is 41.8. The van der Waals surface area contributed by atoms with E-state index in [4.69, 9.17) is 26.3 Å². The van der Waals surface area contributed by atoms with Gasteiger partial charge in [0.1, 0.15) is 24.1 Å². The van der Waals surface area contributed by atoms with Crippen LogP contribution in [0.3, 0.4) is 0 Å². The van der Waals surface area contributed by atoms with Crippen molar-refractivity contribution in [1.29, 1.82) is 0 Å². The second-order valence-electron chi connectivity index (χ2n) is 13.5. The normalized spacial score (nSPS) is 33.6. The lowest BCUT2D eigenvalue weighted by molar-refractivity contribution is -0.124. The molecule has 8 rings (SSSR count). The van der Waals surface area contributed by atoms with E-state index in [-0.39, 0.29) is 23.0 Å². The Morgan fingerprint density at radius 1 is 1.16 bits per heavy atom. The SMILES string of the molecule is CN1Cc2c(nc(OC[C@@]34CCCN3CC(F)C4)nc2N2CCC[C@]3(C2)NC(=O)NC3=O)C[C@]12CCc1cccc(Cl)c12. The average Bonchev–Trinajstić information content (AvgIpc) is 3.69. The van der Waals surface area contributed by atoms with Gasteiger partial charge in [0, 0.05) is 43.1 Å². The van der Waals surface area contributed by atoms with Crippen molar-refractivity contribution in [3.8, 4) is 6.01 Å². The van der Waals surface area contributed by atoms with E-state index in [2.05, 4.69) is 38.4 Å². The number of aromatic nitrogens is 2. The second kappa shape index (κ2) is 9.74. The van der Waals surface area contributed by atoms with Crippen molar-refractivity contribution in [1.82, 2.24) is 30.4 Å². The maximum Gasteiger partial charge on any atom is 0.322 e. The van der Waals surface area contributed by atoms with E-state index in [1.165, 1.54) is 11.1 Å². The van der Waals surface area contributed by atoms with E-state index in [0.717, 1.165) is 60.7 Å². The van der Waals surface area contributed by atoms with Gasteiger partial charge in [0.2, 0.25) is 0 Å². The standard InChI is InChI=1S/C31H37ClFN7O3/c1-38-16-21-23(14-31(38)10-7-19-5-2-6-22(32)24(19)31)34-28(43-18-29-8-3-12-40(29)15-20(33)13-29)35-25(21)39-11-4-9-30(17-39)26(41)36-27(42)37-30/h2,5-6,20H,3-4,7-18H2,1H3,(H2,36,37,41,42)/t20?,29-,30+,31-/m0/s1. The van der Waals surface area contributed by atoms with E-state index >= 15 is 0 Å². The number of ether oxygens (including phenoxy) is 1. The highest BCUT2D eigenvalue weighted by atomic mass is 35.5. The molecule has 4 fully saturated rings. The van der Waals surface area contributed by atoms with Crippen LogP contribution in [-0.4, -0.2) is 88.8 Å². The highest BCUT2D eigenvalue weighted by molar-refractivity contribution is 6.31. The number of nitrogens with zero attached hydrogens (tertiary/aromatic N) is 5. The van der Waals surface area contributed by atoms with Crippen LogP contribution in [0.15, 0.2) is 18.2 Å². The lowest BCUT2D eigenvalue weighted by Gasteiger charge is -2.46. The molecule has 6 aliphatic rings. The topological polar surface area (TPSA) is 103 Å². The first-order valence-corrected chi connectivity index (χ1v) is 15.9. The number of nitrogens with one attached hydrogen (secondary N) is 2. The molecule has 2 aromatic rings. The zero-order chi connectivity index (χ0) is 29.6. The van der Waals surface area contributed by atoms with Gasteiger partial charge in [-0.2, -0.15) is 9.97 Å². The fourth-order valence-electron chi connectivity index (χ4n) is 8.95. The molecule has 5 aliphatic heterocycles. The number of likely N-dealkylation sites (N-methyl/N-ethyl adjacent to an activating group) is 1. The smallest absolute Gasteiger partial charge is 0.322 e. The maximum atomic E-state index is 14.5. The maximum absolute atomic E-state index is 14.5. The number of fused-ring (bicyclic) bond motifs is 4. The molecule has 0 bridgehead atoms. The van der Waals surface area contributed by atoms with Crippen LogP contribution in [0.5, 0.6) is 6.01 Å². The van der Waals surface area contributed by atoms with Crippen LogP contribution in [0.4, 0.5) is 15.0 Å². The van der Waals surface area contributed by atoms with Crippen LogP contribution in [0.2, 0.25) is 5.02 Å². The number of benzene rings is 1. The van der Waals surface area contributed by atoms with Crippen LogP contribution >= 0.6 is 11.6 Å². The largest absolute Gasteiger partial charge is 0.461 e. The quantitative estimate of drug-likeness (QED) is 0.510. The summed E-state index contributed by atoms with van der Waals surface area (Å²) in [7, 11) is 2.14. The van der Waals surface area contributed by atoms with Crippen LogP contribution in [-0.2, 0) is 29.7 Å². The molecule has 2 spiro atoms. The Morgan fingerprint density at radius 2 is 2.02 bits per heavy atom. The Bertz CT molecular complexity index is 1530. The summed E-state index contributed by atoms with van der Waals surface area (Å²) < 4.78 is 20.9. The summed E-state index contributed by atoms with van der Waals surface area (Å²) in [5.74, 6) is 0.444. The van der Waals surface area contributed by atoms with Gasteiger partial charge in [-0.3, -0.25) is 19.9 Å². The fraction of sp³-hybridized carbons (Fsp3) is 0.613. The van der Waals surface area contributed by atoms with Gasteiger partial charge in [-0.25, -0.2) is 9.18 Å². The molecule has 6 heterocycles. The summed E-state index contributed by atoms with van der Waals surface area (Å²) in [6.45, 7) is 3.31. The summed E-state index contributed by atoms with van der Waals surface area (Å²) in [6.07, 6.45) is 5.39. The van der Waals surface area contributed by atoms with Crippen molar-refractivity contribution < 1.29 is 18.7 Å². The first-order chi connectivity index (χ1) is 20.7. The van der Waals surface area contributed by atoms with Crippen molar-refractivity contribution in [2.45, 2.75) is 80.7 Å². The molecule has 43 heavy (non-hydrogen) atoms. The molecule has 1 aliphatic carbocycles. The number of anilines is 1. The van der Waals surface area contributed by atoms with Crippen LogP contribution in [0.1, 0.15) is 60.9 Å². The minimum atomic E-state index is -0.989. The van der Waals surface area contributed by atoms with Gasteiger partial charge >= 0.3 is 12.0 Å². The van der Waals surface area contributed by atoms with Crippen LogP contribution < -0.4 is 20.3 Å². The number of hydrogen-bond donors (Lipinski definition) is 2. The summed E-state index contributed by atoms with van der Waals surface area (Å²) >= 11 is 6.85. The zero-order valence-corrected chi connectivity index (χ0v) is 25.2. The van der Waals surface area contributed by atoms with Crippen LogP contribution in [0.25, 0.3) is 0 Å². The Labute approximate surface area is 255 Å². The summed E-state index contributed by atoms with van der Waals surface area (Å²) in [6, 6.07) is 5.98. The monoisotopic (exact) mass is 609 g/mol. The van der Waals surface area contributed by atoms with Gasteiger partial charge in [-0.15, -0.1) is 0 Å². The minimum absolute atomic E-state index is 0.286. The molecule has 3 amide bonds. The molecule has 228 valence electrons. The summed E-state index contributed by atoms with van der Waals surface area (Å²) in [5.41, 5.74) is 2.78. The molecule has 0 radical (unpaired) electrons. The number of urea groups is 1. The Morgan fingerprint density at radius 3 is 2.86 bits per heavy atom. The van der Waals surface area contributed by atoms with Gasteiger partial charge < -0.3 is 15.0 Å². The van der Waals surface area contributed by atoms with E-state index in [0.29, 0.717) is 52.0 Å². The van der Waals surface area contributed by atoms with Crippen molar-refractivity contribution >= 4 is 29.4 Å². The molecule has 1 aromatic heterocycles. The van der Waals surface area contributed by atoms with Gasteiger partial charge in [-0.05, 0) is 69.3 Å². The van der Waals surface area contributed by atoms with Gasteiger partial charge in [0.25, 0.3) is 5.91 Å². The second-order valence-corrected chi connectivity index (χ2v) is 13.9. The van der Waals surface area contributed by atoms with E-state index in [9.17, 15) is 14.0 Å². The highest BCUT2D eigenvalue weighted by Gasteiger charge is 2.52. The van der Waals surface area contributed by atoms with E-state index in [1.807, 2.05) is 12.1 Å². The first-order valence-electron chi connectivity index (χ1n) is 15.5. The molecular weight excluding hydrogens is 573 g/mol. The number of alkyl halides is 1. The first kappa shape index (κ1) is 27.5. The van der Waals surface area contributed by atoms with Crippen LogP contribution in [0, 0.1) is 0 Å². The number of piperidine rings is 1. The predicted octanol–water partition coefficient (Wildman–Crippen LogP) is 3.09. The van der Waals surface area contributed by atoms with Gasteiger partial charge in [0.15, 0.2) is 0 Å². The third kappa shape index (κ3) is 4.18. The Balaban J connectivity index is 1.18. The molecular formula is C31H37ClFN7O3. The zero-order valence-electron chi connectivity index (χ0n) is 24.4. The Hall–Kier alpha value is -3.02. The number of carbonyl (C=O) groups is 2. The number of amides is 3. The fourth-order valence-corrected chi connectivity index (χ4v) is 9.32. The average molecular weight is 610 g/mol. The van der Waals surface area contributed by atoms with Crippen molar-refractivity contribution in [3.05, 3.63) is 45.6 Å². The lowest BCUT2D eigenvalue weighted by Crippen LogP contribution is -2.59. The number of imide groups is 1.